The van der Waals surface area contributed by atoms with E-state index in [4.69, 9.17) is 5.26 Å². The Hall–Kier alpha value is -1.15. The van der Waals surface area contributed by atoms with Crippen LogP contribution in [0.5, 0.6) is 0 Å². The standard InChI is InChI=1S/C7H7ClF2N2O/c1-12(2)4-5(3-11)6(13)7(8,9)10/h4H,1-2H3/b5-4+. The fourth-order valence-electron chi connectivity index (χ4n) is 0.549. The highest BCUT2D eigenvalue weighted by atomic mass is 35.5. The van der Waals surface area contributed by atoms with Crippen molar-refractivity contribution in [2.75, 3.05) is 14.1 Å². The lowest BCUT2D eigenvalue weighted by atomic mass is 10.2. The van der Waals surface area contributed by atoms with Gasteiger partial charge < -0.3 is 4.90 Å². The highest BCUT2D eigenvalue weighted by Gasteiger charge is 2.38. The lowest BCUT2D eigenvalue weighted by Crippen LogP contribution is -2.24. The van der Waals surface area contributed by atoms with Gasteiger partial charge in [0.25, 0.3) is 5.78 Å². The van der Waals surface area contributed by atoms with Crippen LogP contribution in [0, 0.1) is 11.3 Å². The first kappa shape index (κ1) is 11.8. The number of halogens is 3. The van der Waals surface area contributed by atoms with E-state index in [1.54, 1.807) is 0 Å². The van der Waals surface area contributed by atoms with E-state index in [0.29, 0.717) is 0 Å². The molecule has 0 aliphatic rings. The normalized spacial score (nSPS) is 12.2. The molecule has 3 nitrogen and oxygen atoms in total. The van der Waals surface area contributed by atoms with E-state index < -0.39 is 16.7 Å². The van der Waals surface area contributed by atoms with Gasteiger partial charge in [0.2, 0.25) is 0 Å². The number of rotatable bonds is 3. The van der Waals surface area contributed by atoms with Crippen molar-refractivity contribution < 1.29 is 13.6 Å². The molecule has 0 atom stereocenters. The summed E-state index contributed by atoms with van der Waals surface area (Å²) in [6.07, 6.45) is 0.985. The molecule has 0 aromatic carbocycles. The Labute approximate surface area is 79.2 Å². The average Bonchev–Trinajstić information content (AvgIpc) is 1.96. The van der Waals surface area contributed by atoms with E-state index in [0.717, 1.165) is 6.20 Å². The summed E-state index contributed by atoms with van der Waals surface area (Å²) in [7, 11) is 2.99. The molecular weight excluding hydrogens is 202 g/mol. The Morgan fingerprint density at radius 2 is 2.08 bits per heavy atom. The van der Waals surface area contributed by atoms with Crippen LogP contribution in [-0.2, 0) is 4.79 Å². The molecule has 0 fully saturated rings. The second-order valence-electron chi connectivity index (χ2n) is 2.45. The van der Waals surface area contributed by atoms with E-state index >= 15 is 0 Å². The van der Waals surface area contributed by atoms with Crippen LogP contribution in [0.2, 0.25) is 0 Å². The zero-order chi connectivity index (χ0) is 10.6. The van der Waals surface area contributed by atoms with Gasteiger partial charge in [-0.25, -0.2) is 0 Å². The molecule has 0 aromatic rings. The number of hydrogen-bond donors (Lipinski definition) is 0. The summed E-state index contributed by atoms with van der Waals surface area (Å²) >= 11 is 4.45. The number of allylic oxidation sites excluding steroid dienone is 1. The van der Waals surface area contributed by atoms with Crippen LogP contribution in [0.25, 0.3) is 0 Å². The van der Waals surface area contributed by atoms with E-state index in [2.05, 4.69) is 11.6 Å². The average molecular weight is 209 g/mol. The van der Waals surface area contributed by atoms with Crippen LogP contribution >= 0.6 is 11.6 Å². The SMILES string of the molecule is CN(C)/C=C(\C#N)C(=O)C(F)(F)Cl. The molecule has 0 aliphatic heterocycles. The fraction of sp³-hybridized carbons (Fsp3) is 0.429. The number of nitriles is 1. The zero-order valence-corrected chi connectivity index (χ0v) is 7.77. The van der Waals surface area contributed by atoms with Crippen molar-refractivity contribution in [3.05, 3.63) is 11.8 Å². The van der Waals surface area contributed by atoms with Crippen molar-refractivity contribution >= 4 is 17.4 Å². The summed E-state index contributed by atoms with van der Waals surface area (Å²) in [5.41, 5.74) is -0.676. The van der Waals surface area contributed by atoms with Crippen molar-refractivity contribution in [2.45, 2.75) is 5.38 Å². The van der Waals surface area contributed by atoms with E-state index in [1.165, 1.54) is 25.1 Å². The molecule has 0 radical (unpaired) electrons. The molecule has 0 unspecified atom stereocenters. The molecule has 0 saturated carbocycles. The summed E-state index contributed by atoms with van der Waals surface area (Å²) in [5.74, 6) is -1.69. The third-order valence-electron chi connectivity index (χ3n) is 1.01. The van der Waals surface area contributed by atoms with E-state index in [-0.39, 0.29) is 0 Å². The van der Waals surface area contributed by atoms with Crippen LogP contribution in [0.15, 0.2) is 11.8 Å². The van der Waals surface area contributed by atoms with Gasteiger partial charge in [-0.05, 0) is 11.6 Å². The molecule has 0 N–H and O–H groups in total. The Balaban J connectivity index is 4.85. The first-order valence-electron chi connectivity index (χ1n) is 3.19. The van der Waals surface area contributed by atoms with Gasteiger partial charge in [-0.1, -0.05) is 0 Å². The lowest BCUT2D eigenvalue weighted by Gasteiger charge is -2.08. The molecule has 0 heterocycles. The van der Waals surface area contributed by atoms with Gasteiger partial charge in [-0.2, -0.15) is 14.0 Å². The summed E-state index contributed by atoms with van der Waals surface area (Å²) in [4.78, 5) is 12.0. The monoisotopic (exact) mass is 208 g/mol. The van der Waals surface area contributed by atoms with Crippen molar-refractivity contribution in [3.8, 4) is 6.07 Å². The van der Waals surface area contributed by atoms with Gasteiger partial charge in [0.1, 0.15) is 11.6 Å². The fourth-order valence-corrected chi connectivity index (χ4v) is 0.651. The lowest BCUT2D eigenvalue weighted by molar-refractivity contribution is -0.128. The molecule has 0 aromatic heterocycles. The van der Waals surface area contributed by atoms with E-state index in [1.807, 2.05) is 0 Å². The van der Waals surface area contributed by atoms with Gasteiger partial charge in [0.05, 0.1) is 0 Å². The van der Waals surface area contributed by atoms with Gasteiger partial charge in [0.15, 0.2) is 0 Å². The maximum Gasteiger partial charge on any atom is 0.385 e. The molecule has 0 amide bonds. The van der Waals surface area contributed by atoms with Gasteiger partial charge >= 0.3 is 5.38 Å². The topological polar surface area (TPSA) is 44.1 Å². The van der Waals surface area contributed by atoms with Crippen molar-refractivity contribution in [3.63, 3.8) is 0 Å². The Kier molecular flexibility index (Phi) is 3.82. The first-order chi connectivity index (χ1) is 5.79. The highest BCUT2D eigenvalue weighted by Crippen LogP contribution is 2.23. The molecule has 0 aliphatic carbocycles. The van der Waals surface area contributed by atoms with Crippen molar-refractivity contribution in [1.29, 1.82) is 5.26 Å². The molecule has 6 heteroatoms. The molecule has 13 heavy (non-hydrogen) atoms. The minimum Gasteiger partial charge on any atom is -0.382 e. The van der Waals surface area contributed by atoms with Crippen LogP contribution < -0.4 is 0 Å². The quantitative estimate of drug-likeness (QED) is 0.400. The number of hydrogen-bond acceptors (Lipinski definition) is 3. The van der Waals surface area contributed by atoms with E-state index in [9.17, 15) is 13.6 Å². The first-order valence-corrected chi connectivity index (χ1v) is 3.56. The molecule has 0 rings (SSSR count). The number of nitrogens with zero attached hydrogens (tertiary/aromatic N) is 2. The van der Waals surface area contributed by atoms with Gasteiger partial charge in [-0.3, -0.25) is 4.79 Å². The number of ketones is 1. The van der Waals surface area contributed by atoms with Crippen molar-refractivity contribution in [2.24, 2.45) is 0 Å². The molecule has 72 valence electrons. The number of carbonyl (C=O) groups excluding carboxylic acids is 1. The maximum absolute atomic E-state index is 12.2. The highest BCUT2D eigenvalue weighted by molar-refractivity contribution is 6.35. The van der Waals surface area contributed by atoms with Crippen molar-refractivity contribution in [1.82, 2.24) is 4.90 Å². The summed E-state index contributed by atoms with van der Waals surface area (Å²) in [6, 6.07) is 1.35. The largest absolute Gasteiger partial charge is 0.385 e. The molecule has 0 spiro atoms. The predicted octanol–water partition coefficient (Wildman–Crippen LogP) is 1.36. The minimum absolute atomic E-state index is 0.676. The Morgan fingerprint density at radius 1 is 1.62 bits per heavy atom. The second kappa shape index (κ2) is 4.19. The minimum atomic E-state index is -4.02. The Morgan fingerprint density at radius 3 is 2.31 bits per heavy atom. The second-order valence-corrected chi connectivity index (χ2v) is 2.92. The van der Waals surface area contributed by atoms with Gasteiger partial charge in [-0.15, -0.1) is 0 Å². The zero-order valence-electron chi connectivity index (χ0n) is 7.01. The van der Waals surface area contributed by atoms with Crippen LogP contribution in [0.4, 0.5) is 8.78 Å². The maximum atomic E-state index is 12.2. The predicted molar refractivity (Wildman–Crippen MR) is 43.2 cm³/mol. The summed E-state index contributed by atoms with van der Waals surface area (Å²) in [6.45, 7) is 0. The molecule has 0 bridgehead atoms. The molecule has 0 saturated heterocycles. The third-order valence-corrected chi connectivity index (χ3v) is 1.18. The number of alkyl halides is 3. The summed E-state index contributed by atoms with van der Waals surface area (Å²) in [5, 5.41) is 4.33. The third kappa shape index (κ3) is 3.85. The van der Waals surface area contributed by atoms with Crippen LogP contribution in [0.3, 0.4) is 0 Å². The van der Waals surface area contributed by atoms with Crippen LogP contribution in [0.1, 0.15) is 0 Å². The Bertz CT molecular complexity index is 275. The number of Topliss-reactive ketones (excluding diaryl/α,β-unsaturated/α-hetero) is 1. The number of carbonyl (C=O) groups is 1. The van der Waals surface area contributed by atoms with Gasteiger partial charge in [0, 0.05) is 20.3 Å². The molecular formula is C7H7ClF2N2O. The summed E-state index contributed by atoms with van der Waals surface area (Å²) < 4.78 is 24.4. The van der Waals surface area contributed by atoms with Crippen LogP contribution in [-0.4, -0.2) is 30.2 Å². The smallest absolute Gasteiger partial charge is 0.382 e.